The molecule has 1 aliphatic carbocycles. The molecule has 132 valence electrons. The van der Waals surface area contributed by atoms with Crippen molar-refractivity contribution < 1.29 is 4.79 Å². The Morgan fingerprint density at radius 1 is 1.12 bits per heavy atom. The molecule has 0 spiro atoms. The summed E-state index contributed by atoms with van der Waals surface area (Å²) < 4.78 is 0. The lowest BCUT2D eigenvalue weighted by Gasteiger charge is -2.24. The van der Waals surface area contributed by atoms with Crippen LogP contribution in [0.25, 0.3) is 21.3 Å². The number of nitrogens with zero attached hydrogens (tertiary/aromatic N) is 2. The molecule has 2 aromatic heterocycles. The van der Waals surface area contributed by atoms with E-state index in [0.717, 1.165) is 28.3 Å². The summed E-state index contributed by atoms with van der Waals surface area (Å²) in [6.07, 6.45) is 3.76. The van der Waals surface area contributed by atoms with Gasteiger partial charge in [-0.2, -0.15) is 0 Å². The fourth-order valence-corrected chi connectivity index (χ4v) is 4.42. The van der Waals surface area contributed by atoms with E-state index in [9.17, 15) is 4.79 Å². The summed E-state index contributed by atoms with van der Waals surface area (Å²) >= 11 is 1.68. The number of thiophene rings is 1. The fraction of sp³-hybridized carbons (Fsp3) is 0.350. The highest BCUT2D eigenvalue weighted by Gasteiger charge is 2.29. The Morgan fingerprint density at radius 2 is 1.96 bits per heavy atom. The van der Waals surface area contributed by atoms with Crippen molar-refractivity contribution in [2.45, 2.75) is 37.6 Å². The van der Waals surface area contributed by atoms with E-state index in [1.165, 1.54) is 24.0 Å². The van der Waals surface area contributed by atoms with Gasteiger partial charge in [-0.15, -0.1) is 11.3 Å². The van der Waals surface area contributed by atoms with Crippen LogP contribution in [0.15, 0.2) is 35.7 Å². The minimum absolute atomic E-state index is 0.134. The molecule has 2 fully saturated rings. The molecule has 1 saturated heterocycles. The first-order chi connectivity index (χ1) is 12.8. The molecular formula is C20H20N4OS. The average Bonchev–Trinajstić information content (AvgIpc) is 3.43. The molecule has 1 unspecified atom stereocenters. The second kappa shape index (κ2) is 6.36. The van der Waals surface area contributed by atoms with Gasteiger partial charge in [0, 0.05) is 35.9 Å². The van der Waals surface area contributed by atoms with Crippen molar-refractivity contribution in [1.82, 2.24) is 15.3 Å². The number of amides is 1. The highest BCUT2D eigenvalue weighted by atomic mass is 32.1. The van der Waals surface area contributed by atoms with Crippen LogP contribution in [0.3, 0.4) is 0 Å². The summed E-state index contributed by atoms with van der Waals surface area (Å²) in [5.41, 5.74) is 2.36. The summed E-state index contributed by atoms with van der Waals surface area (Å²) in [5, 5.41) is 9.83. The lowest BCUT2D eigenvalue weighted by Crippen LogP contribution is -2.42. The molecule has 0 radical (unpaired) electrons. The number of carbonyl (C=O) groups is 1. The van der Waals surface area contributed by atoms with Crippen molar-refractivity contribution in [1.29, 1.82) is 0 Å². The summed E-state index contributed by atoms with van der Waals surface area (Å²) in [5.74, 6) is 2.52. The van der Waals surface area contributed by atoms with Crippen LogP contribution in [0, 0.1) is 0 Å². The topological polar surface area (TPSA) is 66.9 Å². The van der Waals surface area contributed by atoms with E-state index in [2.05, 4.69) is 40.3 Å². The molecule has 0 bridgehead atoms. The SMILES string of the molecule is O=C1CCC(Nc2nc(C3CC3)nc3scc(-c4ccccc4)c23)CN1. The molecule has 1 atom stereocenters. The molecule has 1 amide bonds. The normalized spacial score (nSPS) is 20.2. The first kappa shape index (κ1) is 15.8. The Balaban J connectivity index is 1.59. The zero-order valence-electron chi connectivity index (χ0n) is 14.4. The molecule has 6 heteroatoms. The number of anilines is 1. The summed E-state index contributed by atoms with van der Waals surface area (Å²) in [6, 6.07) is 10.6. The smallest absolute Gasteiger partial charge is 0.220 e. The van der Waals surface area contributed by atoms with Gasteiger partial charge in [0.15, 0.2) is 0 Å². The summed E-state index contributed by atoms with van der Waals surface area (Å²) in [7, 11) is 0. The standard InChI is InChI=1S/C20H20N4OS/c25-16-9-8-14(10-21-16)22-19-17-15(12-4-2-1-3-5-12)11-26-20(17)24-18(23-19)13-6-7-13/h1-5,11,13-14H,6-10H2,(H,21,25)(H,22,23,24). The van der Waals surface area contributed by atoms with Crippen molar-refractivity contribution in [3.63, 3.8) is 0 Å². The quantitative estimate of drug-likeness (QED) is 0.736. The molecule has 26 heavy (non-hydrogen) atoms. The lowest BCUT2D eigenvalue weighted by molar-refractivity contribution is -0.122. The number of hydrogen-bond acceptors (Lipinski definition) is 5. The van der Waals surface area contributed by atoms with E-state index in [1.807, 2.05) is 6.07 Å². The van der Waals surface area contributed by atoms with Gasteiger partial charge in [-0.3, -0.25) is 4.79 Å². The van der Waals surface area contributed by atoms with Crippen LogP contribution in [0.5, 0.6) is 0 Å². The van der Waals surface area contributed by atoms with Crippen LogP contribution in [-0.2, 0) is 4.79 Å². The highest BCUT2D eigenvalue weighted by molar-refractivity contribution is 7.17. The zero-order chi connectivity index (χ0) is 17.5. The molecule has 3 aromatic rings. The second-order valence-corrected chi connectivity index (χ2v) is 7.94. The Kier molecular flexibility index (Phi) is 3.85. The van der Waals surface area contributed by atoms with Crippen LogP contribution >= 0.6 is 11.3 Å². The van der Waals surface area contributed by atoms with Gasteiger partial charge in [-0.1, -0.05) is 30.3 Å². The lowest BCUT2D eigenvalue weighted by atomic mass is 10.0. The number of nitrogens with one attached hydrogen (secondary N) is 2. The first-order valence-corrected chi connectivity index (χ1v) is 10.0. The molecular weight excluding hydrogens is 344 g/mol. The van der Waals surface area contributed by atoms with Crippen molar-refractivity contribution >= 4 is 33.3 Å². The van der Waals surface area contributed by atoms with Gasteiger partial charge in [-0.05, 0) is 24.8 Å². The van der Waals surface area contributed by atoms with Crippen molar-refractivity contribution in [3.8, 4) is 11.1 Å². The van der Waals surface area contributed by atoms with E-state index >= 15 is 0 Å². The molecule has 1 saturated carbocycles. The van der Waals surface area contributed by atoms with Gasteiger partial charge in [0.05, 0.1) is 5.39 Å². The van der Waals surface area contributed by atoms with Crippen LogP contribution in [-0.4, -0.2) is 28.5 Å². The number of fused-ring (bicyclic) bond motifs is 1. The van der Waals surface area contributed by atoms with E-state index < -0.39 is 0 Å². The van der Waals surface area contributed by atoms with Crippen LogP contribution in [0.4, 0.5) is 5.82 Å². The Bertz CT molecular complexity index is 955. The minimum atomic E-state index is 0.134. The number of benzene rings is 1. The predicted molar refractivity (Wildman–Crippen MR) is 104 cm³/mol. The summed E-state index contributed by atoms with van der Waals surface area (Å²) in [6.45, 7) is 0.647. The van der Waals surface area contributed by atoms with Crippen LogP contribution < -0.4 is 10.6 Å². The minimum Gasteiger partial charge on any atom is -0.365 e. The van der Waals surface area contributed by atoms with Gasteiger partial charge in [0.25, 0.3) is 0 Å². The number of rotatable bonds is 4. The molecule has 1 aromatic carbocycles. The van der Waals surface area contributed by atoms with Crippen LogP contribution in [0.2, 0.25) is 0 Å². The van der Waals surface area contributed by atoms with Gasteiger partial charge in [-0.25, -0.2) is 9.97 Å². The zero-order valence-corrected chi connectivity index (χ0v) is 15.2. The molecule has 5 nitrogen and oxygen atoms in total. The van der Waals surface area contributed by atoms with Gasteiger partial charge < -0.3 is 10.6 Å². The van der Waals surface area contributed by atoms with Crippen molar-refractivity contribution in [2.24, 2.45) is 0 Å². The highest BCUT2D eigenvalue weighted by Crippen LogP contribution is 2.42. The predicted octanol–water partition coefficient (Wildman–Crippen LogP) is 3.93. The molecule has 1 aliphatic heterocycles. The van der Waals surface area contributed by atoms with E-state index in [1.54, 1.807) is 11.3 Å². The van der Waals surface area contributed by atoms with E-state index in [-0.39, 0.29) is 11.9 Å². The monoisotopic (exact) mass is 364 g/mol. The summed E-state index contributed by atoms with van der Waals surface area (Å²) in [4.78, 5) is 22.3. The number of hydrogen-bond donors (Lipinski definition) is 2. The van der Waals surface area contributed by atoms with E-state index in [0.29, 0.717) is 18.9 Å². The maximum Gasteiger partial charge on any atom is 0.220 e. The van der Waals surface area contributed by atoms with Gasteiger partial charge >= 0.3 is 0 Å². The van der Waals surface area contributed by atoms with Crippen molar-refractivity contribution in [3.05, 3.63) is 41.5 Å². The maximum absolute atomic E-state index is 11.5. The average molecular weight is 364 g/mol. The third-order valence-corrected chi connectivity index (χ3v) is 5.96. The van der Waals surface area contributed by atoms with Crippen molar-refractivity contribution in [2.75, 3.05) is 11.9 Å². The first-order valence-electron chi connectivity index (χ1n) is 9.16. The molecule has 5 rings (SSSR count). The fourth-order valence-electron chi connectivity index (χ4n) is 3.47. The number of aromatic nitrogens is 2. The Morgan fingerprint density at radius 3 is 2.69 bits per heavy atom. The van der Waals surface area contributed by atoms with Gasteiger partial charge in [0.1, 0.15) is 16.5 Å². The maximum atomic E-state index is 11.5. The number of piperidine rings is 1. The molecule has 3 heterocycles. The molecule has 2 N–H and O–H groups in total. The third-order valence-electron chi connectivity index (χ3n) is 5.08. The second-order valence-electron chi connectivity index (χ2n) is 7.08. The molecule has 2 aliphatic rings. The Hall–Kier alpha value is -2.47. The Labute approximate surface area is 155 Å². The number of carbonyl (C=O) groups excluding carboxylic acids is 1. The van der Waals surface area contributed by atoms with Gasteiger partial charge in [0.2, 0.25) is 5.91 Å². The van der Waals surface area contributed by atoms with E-state index in [4.69, 9.17) is 9.97 Å². The largest absolute Gasteiger partial charge is 0.365 e. The third kappa shape index (κ3) is 2.94. The van der Waals surface area contributed by atoms with Crippen LogP contribution in [0.1, 0.15) is 37.4 Å².